The molecular formula is C13H24N6O. The van der Waals surface area contributed by atoms with E-state index < -0.39 is 0 Å². The summed E-state index contributed by atoms with van der Waals surface area (Å²) < 4.78 is 0. The third kappa shape index (κ3) is 4.34. The SMILES string of the molecule is Cc1c(NN)nc(C(C)(C)C)nc1NCCCC(N)=O. The van der Waals surface area contributed by atoms with Crippen LogP contribution < -0.4 is 22.3 Å². The smallest absolute Gasteiger partial charge is 0.217 e. The molecule has 0 aromatic carbocycles. The number of nitrogens with zero attached hydrogens (tertiary/aromatic N) is 2. The Morgan fingerprint density at radius 3 is 2.35 bits per heavy atom. The fourth-order valence-corrected chi connectivity index (χ4v) is 1.63. The van der Waals surface area contributed by atoms with Crippen molar-refractivity contribution in [3.63, 3.8) is 0 Å². The van der Waals surface area contributed by atoms with Gasteiger partial charge in [-0.2, -0.15) is 0 Å². The lowest BCUT2D eigenvalue weighted by molar-refractivity contribution is -0.118. The van der Waals surface area contributed by atoms with Gasteiger partial charge < -0.3 is 16.5 Å². The Morgan fingerprint density at radius 1 is 1.25 bits per heavy atom. The molecule has 0 atom stereocenters. The summed E-state index contributed by atoms with van der Waals surface area (Å²) in [5.74, 6) is 7.22. The van der Waals surface area contributed by atoms with E-state index in [0.717, 1.165) is 11.4 Å². The van der Waals surface area contributed by atoms with Crippen LogP contribution in [0.3, 0.4) is 0 Å². The average molecular weight is 280 g/mol. The molecule has 1 aromatic rings. The van der Waals surface area contributed by atoms with E-state index >= 15 is 0 Å². The number of primary amides is 1. The lowest BCUT2D eigenvalue weighted by Gasteiger charge is -2.20. The van der Waals surface area contributed by atoms with E-state index in [9.17, 15) is 4.79 Å². The van der Waals surface area contributed by atoms with Gasteiger partial charge in [-0.1, -0.05) is 20.8 Å². The highest BCUT2D eigenvalue weighted by Crippen LogP contribution is 2.25. The molecule has 0 bridgehead atoms. The van der Waals surface area contributed by atoms with Gasteiger partial charge >= 0.3 is 0 Å². The van der Waals surface area contributed by atoms with Crippen LogP contribution in [0.15, 0.2) is 0 Å². The topological polar surface area (TPSA) is 119 Å². The molecule has 0 spiro atoms. The molecule has 6 N–H and O–H groups in total. The quantitative estimate of drug-likeness (QED) is 0.351. The van der Waals surface area contributed by atoms with Crippen LogP contribution in [0.5, 0.6) is 0 Å². The Kier molecular flexibility index (Phi) is 5.26. The maximum atomic E-state index is 10.7. The number of anilines is 2. The number of rotatable bonds is 6. The van der Waals surface area contributed by atoms with Crippen molar-refractivity contribution in [3.05, 3.63) is 11.4 Å². The molecule has 0 unspecified atom stereocenters. The number of hydrogen-bond donors (Lipinski definition) is 4. The van der Waals surface area contributed by atoms with Crippen LogP contribution in [0.25, 0.3) is 0 Å². The highest BCUT2D eigenvalue weighted by molar-refractivity contribution is 5.73. The Balaban J connectivity index is 2.91. The fourth-order valence-electron chi connectivity index (χ4n) is 1.63. The van der Waals surface area contributed by atoms with Gasteiger partial charge in [-0.05, 0) is 13.3 Å². The number of carbonyl (C=O) groups excluding carboxylic acids is 1. The van der Waals surface area contributed by atoms with Gasteiger partial charge in [-0.25, -0.2) is 15.8 Å². The number of amides is 1. The average Bonchev–Trinajstić information content (AvgIpc) is 2.34. The molecule has 0 aliphatic rings. The van der Waals surface area contributed by atoms with Crippen molar-refractivity contribution < 1.29 is 4.79 Å². The van der Waals surface area contributed by atoms with Gasteiger partial charge in [0, 0.05) is 23.9 Å². The summed E-state index contributed by atoms with van der Waals surface area (Å²) in [5, 5.41) is 3.20. The standard InChI is InChI=1S/C13H24N6O/c1-8-10(16-7-5-6-9(14)20)17-12(13(2,3)4)18-11(8)19-15/h5-7,15H2,1-4H3,(H2,14,20)(H2,16,17,18,19). The monoisotopic (exact) mass is 280 g/mol. The first kappa shape index (κ1) is 16.2. The van der Waals surface area contributed by atoms with Gasteiger partial charge in [-0.3, -0.25) is 4.79 Å². The van der Waals surface area contributed by atoms with E-state index in [4.69, 9.17) is 11.6 Å². The zero-order valence-electron chi connectivity index (χ0n) is 12.6. The van der Waals surface area contributed by atoms with Crippen molar-refractivity contribution in [1.82, 2.24) is 9.97 Å². The molecule has 0 radical (unpaired) electrons. The maximum Gasteiger partial charge on any atom is 0.217 e. The van der Waals surface area contributed by atoms with Crippen LogP contribution >= 0.6 is 0 Å². The molecule has 1 amide bonds. The Morgan fingerprint density at radius 2 is 1.85 bits per heavy atom. The predicted octanol–water partition coefficient (Wildman–Crippen LogP) is 1.05. The number of carbonyl (C=O) groups is 1. The minimum absolute atomic E-state index is 0.178. The molecule has 1 rings (SSSR count). The minimum atomic E-state index is -0.300. The van der Waals surface area contributed by atoms with Crippen LogP contribution in [0.2, 0.25) is 0 Å². The lowest BCUT2D eigenvalue weighted by atomic mass is 9.95. The predicted molar refractivity (Wildman–Crippen MR) is 80.2 cm³/mol. The summed E-state index contributed by atoms with van der Waals surface area (Å²) in [5.41, 5.74) is 8.37. The minimum Gasteiger partial charge on any atom is -0.370 e. The van der Waals surface area contributed by atoms with Crippen molar-refractivity contribution >= 4 is 17.5 Å². The molecular weight excluding hydrogens is 256 g/mol. The van der Waals surface area contributed by atoms with Crippen molar-refractivity contribution in [1.29, 1.82) is 0 Å². The van der Waals surface area contributed by atoms with Crippen molar-refractivity contribution in [2.75, 3.05) is 17.3 Å². The van der Waals surface area contributed by atoms with Gasteiger partial charge in [0.05, 0.1) is 0 Å². The van der Waals surface area contributed by atoms with Gasteiger partial charge in [0.1, 0.15) is 17.5 Å². The molecule has 0 saturated carbocycles. The Bertz CT molecular complexity index is 480. The van der Waals surface area contributed by atoms with E-state index in [1.807, 2.05) is 27.7 Å². The number of hydrazine groups is 1. The molecule has 0 aliphatic heterocycles. The van der Waals surface area contributed by atoms with Gasteiger partial charge in [0.15, 0.2) is 0 Å². The van der Waals surface area contributed by atoms with Crippen molar-refractivity contribution in [2.45, 2.75) is 46.0 Å². The Hall–Kier alpha value is -1.89. The van der Waals surface area contributed by atoms with Gasteiger partial charge in [0.25, 0.3) is 0 Å². The largest absolute Gasteiger partial charge is 0.370 e. The van der Waals surface area contributed by atoms with Crippen molar-refractivity contribution in [2.24, 2.45) is 11.6 Å². The summed E-state index contributed by atoms with van der Waals surface area (Å²) in [6.45, 7) is 8.62. The number of hydrogen-bond acceptors (Lipinski definition) is 6. The van der Waals surface area contributed by atoms with Crippen LogP contribution in [-0.2, 0) is 10.2 Å². The molecule has 0 aliphatic carbocycles. The third-order valence-electron chi connectivity index (χ3n) is 2.85. The van der Waals surface area contributed by atoms with E-state index in [2.05, 4.69) is 20.7 Å². The van der Waals surface area contributed by atoms with Crippen LogP contribution in [0.4, 0.5) is 11.6 Å². The summed E-state index contributed by atoms with van der Waals surface area (Å²) >= 11 is 0. The molecule has 0 fully saturated rings. The van der Waals surface area contributed by atoms with E-state index in [0.29, 0.717) is 31.0 Å². The summed E-state index contributed by atoms with van der Waals surface area (Å²) in [6.07, 6.45) is 1.01. The second kappa shape index (κ2) is 6.51. The van der Waals surface area contributed by atoms with Crippen LogP contribution in [0, 0.1) is 6.92 Å². The zero-order chi connectivity index (χ0) is 15.3. The molecule has 1 aromatic heterocycles. The summed E-state index contributed by atoms with van der Waals surface area (Å²) in [7, 11) is 0. The molecule has 7 heteroatoms. The second-order valence-corrected chi connectivity index (χ2v) is 5.76. The molecule has 112 valence electrons. The first-order valence-electron chi connectivity index (χ1n) is 6.63. The molecule has 1 heterocycles. The fraction of sp³-hybridized carbons (Fsp3) is 0.615. The van der Waals surface area contributed by atoms with Crippen LogP contribution in [-0.4, -0.2) is 22.4 Å². The van der Waals surface area contributed by atoms with E-state index in [1.54, 1.807) is 0 Å². The van der Waals surface area contributed by atoms with Gasteiger partial charge in [0.2, 0.25) is 5.91 Å². The molecule has 7 nitrogen and oxygen atoms in total. The lowest BCUT2D eigenvalue weighted by Crippen LogP contribution is -2.22. The van der Waals surface area contributed by atoms with E-state index in [1.165, 1.54) is 0 Å². The first-order chi connectivity index (χ1) is 9.25. The highest BCUT2D eigenvalue weighted by Gasteiger charge is 2.20. The maximum absolute atomic E-state index is 10.7. The highest BCUT2D eigenvalue weighted by atomic mass is 16.1. The summed E-state index contributed by atoms with van der Waals surface area (Å²) in [6, 6.07) is 0. The second-order valence-electron chi connectivity index (χ2n) is 5.76. The number of nitrogen functional groups attached to an aromatic ring is 1. The zero-order valence-corrected chi connectivity index (χ0v) is 12.6. The van der Waals surface area contributed by atoms with Gasteiger partial charge in [-0.15, -0.1) is 0 Å². The number of nitrogens with two attached hydrogens (primary N) is 2. The van der Waals surface area contributed by atoms with Crippen LogP contribution in [0.1, 0.15) is 45.0 Å². The van der Waals surface area contributed by atoms with E-state index in [-0.39, 0.29) is 11.3 Å². The number of nitrogens with one attached hydrogen (secondary N) is 2. The molecule has 0 saturated heterocycles. The third-order valence-corrected chi connectivity index (χ3v) is 2.85. The summed E-state index contributed by atoms with van der Waals surface area (Å²) in [4.78, 5) is 19.7. The Labute approximate surface area is 119 Å². The van der Waals surface area contributed by atoms with Crippen molar-refractivity contribution in [3.8, 4) is 0 Å². The normalized spacial score (nSPS) is 11.2. The molecule has 20 heavy (non-hydrogen) atoms. The first-order valence-corrected chi connectivity index (χ1v) is 6.63. The number of aromatic nitrogens is 2.